The third-order valence-corrected chi connectivity index (χ3v) is 23.3. The molecule has 0 spiro atoms. The van der Waals surface area contributed by atoms with E-state index in [-0.39, 0.29) is 0 Å². The normalized spacial score (nSPS) is 49.0. The Morgan fingerprint density at radius 2 is 0.603 bits per heavy atom. The largest absolute Gasteiger partial charge is 0.477 e. The molecule has 10 saturated heterocycles. The van der Waals surface area contributed by atoms with Crippen LogP contribution in [0, 0.1) is 0 Å². The van der Waals surface area contributed by atoms with E-state index in [0.717, 1.165) is 27.7 Å². The lowest BCUT2D eigenvalue weighted by molar-refractivity contribution is -0.403. The highest BCUT2D eigenvalue weighted by Crippen LogP contribution is 2.44. The molecule has 51 atom stereocenters. The first-order valence-corrected chi connectivity index (χ1v) is 40.3. The Hall–Kier alpha value is -4.45. The van der Waals surface area contributed by atoms with Gasteiger partial charge < -0.3 is 249 Å². The molecule has 728 valence electrons. The van der Waals surface area contributed by atoms with Gasteiger partial charge >= 0.3 is 5.97 Å². The molecule has 0 aromatic carbocycles. The minimum atomic E-state index is -3.36. The van der Waals surface area contributed by atoms with Crippen LogP contribution in [0.5, 0.6) is 0 Å². The number of hydrogen-bond acceptors (Lipinski definition) is 50. The van der Waals surface area contributed by atoms with Gasteiger partial charge in [0.1, 0.15) is 220 Å². The lowest BCUT2D eigenvalue weighted by atomic mass is 9.88. The van der Waals surface area contributed by atoms with Gasteiger partial charge in [-0.1, -0.05) is 0 Å². The predicted molar refractivity (Wildman–Crippen MR) is 389 cm³/mol. The van der Waals surface area contributed by atoms with E-state index in [2.05, 4.69) is 21.3 Å². The van der Waals surface area contributed by atoms with Crippen LogP contribution in [-0.4, -0.2) is 526 Å². The van der Waals surface area contributed by atoms with Gasteiger partial charge in [-0.15, -0.1) is 0 Å². The SMILES string of the molecule is CC(=O)NC1C(O)CC(OC2C(O)C(CO)OC(OC3C(CO)OC(OC4C(O)C(CO)OC(OC5C(CO)OC(OC6C(O)C(CO)OC(OC7C(CO)OC(O)C(NC(C)=O)C7OC7OC(C)C(O)C(O)C7O)C6O)C(NC(C)=O)C5OC5OC(C)C(O)C(O)C5O)C4O)C(NC(C)=O)C3OC3OC(C)C(O)C(O)C3O)C2O)(C(=O)O)OC1C(O)C(O)CO. The number of aliphatic hydroxyl groups excluding tert-OH is 26. The number of carbonyl (C=O) groups is 5. The van der Waals surface area contributed by atoms with Gasteiger partial charge in [0.2, 0.25) is 23.6 Å². The fourth-order valence-electron chi connectivity index (χ4n) is 16.6. The molecule has 10 aliphatic rings. The predicted octanol–water partition coefficient (Wildman–Crippen LogP) is -19.9. The number of aliphatic carboxylic acids is 1. The van der Waals surface area contributed by atoms with E-state index in [0.29, 0.717) is 0 Å². The Bertz CT molecular complexity index is 3490. The van der Waals surface area contributed by atoms with Crippen LogP contribution in [0.1, 0.15) is 54.9 Å². The van der Waals surface area contributed by atoms with E-state index in [1.807, 2.05) is 0 Å². The van der Waals surface area contributed by atoms with Crippen molar-refractivity contribution in [1.82, 2.24) is 21.3 Å². The van der Waals surface area contributed by atoms with Crippen molar-refractivity contribution in [3.63, 3.8) is 0 Å². The summed E-state index contributed by atoms with van der Waals surface area (Å²) in [6, 6.07) is -7.83. The topological polar surface area (TPSA) is 855 Å². The van der Waals surface area contributed by atoms with Gasteiger partial charge in [0, 0.05) is 34.1 Å². The van der Waals surface area contributed by atoms with Gasteiger partial charge in [-0.3, -0.25) is 19.2 Å². The zero-order chi connectivity index (χ0) is 93.2. The number of amides is 4. The molecule has 126 heavy (non-hydrogen) atoms. The van der Waals surface area contributed by atoms with Crippen LogP contribution in [-0.2, 0) is 114 Å². The Morgan fingerprint density at radius 3 is 0.929 bits per heavy atom. The molecule has 0 aromatic heterocycles. The Labute approximate surface area is 714 Å². The maximum absolute atomic E-state index is 13.7. The van der Waals surface area contributed by atoms with Crippen LogP contribution in [0.15, 0.2) is 0 Å². The van der Waals surface area contributed by atoms with E-state index >= 15 is 0 Å². The molecule has 0 aromatic rings. The van der Waals surface area contributed by atoms with E-state index in [1.54, 1.807) is 0 Å². The molecule has 55 nitrogen and oxygen atoms in total. The first-order chi connectivity index (χ1) is 59.3. The number of carboxylic acids is 1. The third-order valence-electron chi connectivity index (χ3n) is 23.3. The minimum Gasteiger partial charge on any atom is -0.477 e. The second-order valence-corrected chi connectivity index (χ2v) is 32.3. The Morgan fingerprint density at radius 1 is 0.325 bits per heavy atom. The number of carboxylic acid groups (broad SMARTS) is 1. The number of aliphatic hydroxyl groups is 26. The lowest BCUT2D eigenvalue weighted by Crippen LogP contribution is -2.72. The molecule has 31 N–H and O–H groups in total. The van der Waals surface area contributed by atoms with Crippen LogP contribution >= 0.6 is 0 Å². The molecule has 0 bridgehead atoms. The van der Waals surface area contributed by atoms with E-state index < -0.39 is 395 Å². The van der Waals surface area contributed by atoms with Gasteiger partial charge in [-0.25, -0.2) is 4.79 Å². The van der Waals surface area contributed by atoms with Crippen molar-refractivity contribution in [1.29, 1.82) is 0 Å². The van der Waals surface area contributed by atoms with Crippen LogP contribution in [0.3, 0.4) is 0 Å². The fourth-order valence-corrected chi connectivity index (χ4v) is 16.6. The highest BCUT2D eigenvalue weighted by molar-refractivity contribution is 5.77. The smallest absolute Gasteiger partial charge is 0.364 e. The van der Waals surface area contributed by atoms with Gasteiger partial charge in [0.05, 0.1) is 76.7 Å². The van der Waals surface area contributed by atoms with Gasteiger partial charge in [0.25, 0.3) is 5.79 Å². The average molecular weight is 1840 g/mol. The quantitative estimate of drug-likeness (QED) is 0.0297. The molecule has 10 heterocycles. The van der Waals surface area contributed by atoms with Gasteiger partial charge in [-0.2, -0.15) is 0 Å². The zero-order valence-corrected chi connectivity index (χ0v) is 68.4. The highest BCUT2D eigenvalue weighted by Gasteiger charge is 2.65. The number of ether oxygens (including phenoxy) is 19. The molecule has 0 saturated carbocycles. The van der Waals surface area contributed by atoms with Crippen LogP contribution < -0.4 is 21.3 Å². The fraction of sp³-hybridized carbons (Fsp3) is 0.930. The first kappa shape index (κ1) is 104. The maximum Gasteiger partial charge on any atom is 0.364 e. The second-order valence-electron chi connectivity index (χ2n) is 32.3. The number of carbonyl (C=O) groups excluding carboxylic acids is 4. The monoisotopic (exact) mass is 1840 g/mol. The Balaban J connectivity index is 0.984. The summed E-state index contributed by atoms with van der Waals surface area (Å²) in [6.07, 6.45) is -99.6. The molecular formula is C71H118N4O51. The van der Waals surface area contributed by atoms with Crippen molar-refractivity contribution in [2.75, 3.05) is 46.2 Å². The summed E-state index contributed by atoms with van der Waals surface area (Å²) < 4.78 is 115. The van der Waals surface area contributed by atoms with Crippen molar-refractivity contribution in [2.24, 2.45) is 0 Å². The molecule has 0 aliphatic carbocycles. The van der Waals surface area contributed by atoms with Crippen LogP contribution in [0.4, 0.5) is 0 Å². The minimum absolute atomic E-state index is 0.860. The van der Waals surface area contributed by atoms with Crippen LogP contribution in [0.25, 0.3) is 0 Å². The van der Waals surface area contributed by atoms with E-state index in [1.165, 1.54) is 20.8 Å². The number of rotatable bonds is 32. The van der Waals surface area contributed by atoms with Crippen LogP contribution in [0.2, 0.25) is 0 Å². The van der Waals surface area contributed by atoms with Gasteiger partial charge in [0.15, 0.2) is 56.6 Å². The molecular weight excluding hydrogens is 1720 g/mol. The first-order valence-electron chi connectivity index (χ1n) is 40.3. The summed E-state index contributed by atoms with van der Waals surface area (Å²) in [5.74, 6) is -9.44. The van der Waals surface area contributed by atoms with Crippen molar-refractivity contribution in [3.8, 4) is 0 Å². The van der Waals surface area contributed by atoms with Crippen molar-refractivity contribution >= 4 is 29.6 Å². The Kier molecular flexibility index (Phi) is 36.3. The zero-order valence-electron chi connectivity index (χ0n) is 68.4. The molecule has 55 heteroatoms. The molecule has 51 unspecified atom stereocenters. The number of hydrogen-bond donors (Lipinski definition) is 31. The molecule has 10 rings (SSSR count). The summed E-state index contributed by atoms with van der Waals surface area (Å²) in [4.78, 5) is 65.9. The second kappa shape index (κ2) is 44.1. The molecule has 10 aliphatic heterocycles. The number of nitrogens with one attached hydrogen (secondary N) is 4. The van der Waals surface area contributed by atoms with E-state index in [4.69, 9.17) is 90.0 Å². The summed E-state index contributed by atoms with van der Waals surface area (Å²) in [5.41, 5.74) is 0. The van der Waals surface area contributed by atoms with Crippen molar-refractivity contribution in [3.05, 3.63) is 0 Å². The van der Waals surface area contributed by atoms with Crippen molar-refractivity contribution in [2.45, 2.75) is 367 Å². The molecule has 4 amide bonds. The lowest BCUT2D eigenvalue weighted by Gasteiger charge is -2.53. The summed E-state index contributed by atoms with van der Waals surface area (Å²) in [5, 5.41) is 313. The van der Waals surface area contributed by atoms with Crippen molar-refractivity contribution < 1.29 is 252 Å². The summed E-state index contributed by atoms with van der Waals surface area (Å²) >= 11 is 0. The van der Waals surface area contributed by atoms with E-state index in [9.17, 15) is 162 Å². The summed E-state index contributed by atoms with van der Waals surface area (Å²) in [7, 11) is 0. The molecule has 0 radical (unpaired) electrons. The average Bonchev–Trinajstić information content (AvgIpc) is 0.780. The maximum atomic E-state index is 13.7. The highest BCUT2D eigenvalue weighted by atomic mass is 16.8. The summed E-state index contributed by atoms with van der Waals surface area (Å²) in [6.45, 7) is -1.36. The molecule has 10 fully saturated rings. The van der Waals surface area contributed by atoms with Gasteiger partial charge in [-0.05, 0) is 20.8 Å². The third kappa shape index (κ3) is 22.3. The standard InChI is InChI=1S/C71H118N4O51/c1-16-35(89)42(96)45(99)64(108-16)120-55-32(73-20(5)84)61(105)111-28(13-80)51(55)117-67-48(102)58(39(93)25(10-77)112-67)123-62-33(74-21(6)85)56(121-65-46(100)43(97)36(90)17(2)109-65)52(29(14-81)115-62)118-68-49(103)59(40(94)26(11-78)113-68)124-63-34(75-22(7)86)57(122-66-47(101)44(98)37(91)18(3)110-66)53(30(15-82)116-63)119-69-50(104)60(41(95)27(12-79)114-69)126-71(70(106)107)8-23(87)31(72-19(4)83)54(125-71)38(92)24(88)9-76/h16-18,23-69,76-82,87-105H,8-15H2,1-7H3,(H,72,83)(H,73,84)(H,74,85)(H,75,86)(H,106,107).